The molecule has 0 saturated carbocycles. The third-order valence-corrected chi connectivity index (χ3v) is 5.71. The third kappa shape index (κ3) is 4.39. The Bertz CT molecular complexity index is 1060. The molecule has 4 rings (SSSR count). The van der Waals surface area contributed by atoms with E-state index in [0.717, 1.165) is 15.5 Å². The van der Waals surface area contributed by atoms with Gasteiger partial charge in [-0.2, -0.15) is 0 Å². The molecule has 156 valence electrons. The van der Waals surface area contributed by atoms with Crippen LogP contribution in [0, 0.1) is 0 Å². The molecule has 0 spiro atoms. The van der Waals surface area contributed by atoms with Crippen LogP contribution >= 0.6 is 15.9 Å². The van der Waals surface area contributed by atoms with E-state index in [-0.39, 0.29) is 24.4 Å². The molecule has 2 heterocycles. The molecule has 1 fully saturated rings. The molecule has 0 aliphatic carbocycles. The number of carbonyl (C=O) groups excluding carboxylic acids is 2. The van der Waals surface area contributed by atoms with Crippen LogP contribution in [-0.4, -0.2) is 52.6 Å². The largest absolute Gasteiger partial charge is 0.378 e. The van der Waals surface area contributed by atoms with Gasteiger partial charge in [-0.3, -0.25) is 9.59 Å². The number of benzene rings is 2. The van der Waals surface area contributed by atoms with E-state index in [1.165, 1.54) is 0 Å². The van der Waals surface area contributed by atoms with Crippen LogP contribution in [0.2, 0.25) is 0 Å². The van der Waals surface area contributed by atoms with Gasteiger partial charge < -0.3 is 19.5 Å². The number of aromatic nitrogens is 2. The predicted octanol–water partition coefficient (Wildman–Crippen LogP) is 3.15. The molecule has 1 aliphatic heterocycles. The van der Waals surface area contributed by atoms with Crippen molar-refractivity contribution in [3.63, 3.8) is 0 Å². The summed E-state index contributed by atoms with van der Waals surface area (Å²) in [6, 6.07) is 14.5. The fraction of sp³-hybridized carbons (Fsp3) is 0.318. The number of fused-ring (bicyclic) bond motifs is 1. The molecule has 1 aliphatic rings. The van der Waals surface area contributed by atoms with E-state index in [9.17, 15) is 9.59 Å². The molecule has 8 heteroatoms. The fourth-order valence-electron chi connectivity index (χ4n) is 3.58. The highest BCUT2D eigenvalue weighted by molar-refractivity contribution is 9.10. The van der Waals surface area contributed by atoms with Crippen molar-refractivity contribution in [1.82, 2.24) is 19.8 Å². The lowest BCUT2D eigenvalue weighted by atomic mass is 10.2. The van der Waals surface area contributed by atoms with E-state index in [1.54, 1.807) is 12.1 Å². The molecule has 1 N–H and O–H groups in total. The van der Waals surface area contributed by atoms with Gasteiger partial charge in [-0.25, -0.2) is 4.98 Å². The SMILES string of the molecule is CC(NC(=O)c1ccc(Br)cc1)c1nc2ccccc2n1CC(=O)N1CCOCC1. The van der Waals surface area contributed by atoms with Crippen LogP contribution in [0.15, 0.2) is 53.0 Å². The Morgan fingerprint density at radius 2 is 1.83 bits per heavy atom. The maximum atomic E-state index is 12.9. The second-order valence-corrected chi connectivity index (χ2v) is 8.16. The van der Waals surface area contributed by atoms with Crippen molar-refractivity contribution in [3.05, 3.63) is 64.4 Å². The van der Waals surface area contributed by atoms with E-state index in [1.807, 2.05) is 52.8 Å². The smallest absolute Gasteiger partial charge is 0.251 e. The summed E-state index contributed by atoms with van der Waals surface area (Å²) in [4.78, 5) is 32.1. The minimum atomic E-state index is -0.369. The highest BCUT2D eigenvalue weighted by atomic mass is 79.9. The monoisotopic (exact) mass is 470 g/mol. The average Bonchev–Trinajstić information content (AvgIpc) is 3.13. The van der Waals surface area contributed by atoms with Crippen molar-refractivity contribution >= 4 is 38.8 Å². The second-order valence-electron chi connectivity index (χ2n) is 7.24. The van der Waals surface area contributed by atoms with Crippen LogP contribution in [0.1, 0.15) is 29.1 Å². The summed E-state index contributed by atoms with van der Waals surface area (Å²) in [5.74, 6) is 0.491. The Morgan fingerprint density at radius 3 is 2.57 bits per heavy atom. The molecule has 1 atom stereocenters. The van der Waals surface area contributed by atoms with E-state index in [4.69, 9.17) is 9.72 Å². The van der Waals surface area contributed by atoms with Crippen molar-refractivity contribution in [2.24, 2.45) is 0 Å². The van der Waals surface area contributed by atoms with Crippen molar-refractivity contribution in [2.75, 3.05) is 26.3 Å². The number of para-hydroxylation sites is 2. The van der Waals surface area contributed by atoms with Crippen molar-refractivity contribution in [1.29, 1.82) is 0 Å². The lowest BCUT2D eigenvalue weighted by molar-refractivity contribution is -0.135. The van der Waals surface area contributed by atoms with E-state index in [0.29, 0.717) is 37.7 Å². The lowest BCUT2D eigenvalue weighted by Gasteiger charge is -2.27. The Kier molecular flexibility index (Phi) is 6.15. The summed E-state index contributed by atoms with van der Waals surface area (Å²) in [7, 11) is 0. The number of hydrogen-bond donors (Lipinski definition) is 1. The van der Waals surface area contributed by atoms with Gasteiger partial charge in [0.2, 0.25) is 5.91 Å². The average molecular weight is 471 g/mol. The minimum Gasteiger partial charge on any atom is -0.378 e. The molecule has 1 aromatic heterocycles. The summed E-state index contributed by atoms with van der Waals surface area (Å²) in [5, 5.41) is 3.00. The van der Waals surface area contributed by atoms with Crippen molar-refractivity contribution in [3.8, 4) is 0 Å². The quantitative estimate of drug-likeness (QED) is 0.621. The zero-order valence-electron chi connectivity index (χ0n) is 16.7. The number of carbonyl (C=O) groups is 2. The highest BCUT2D eigenvalue weighted by Crippen LogP contribution is 2.22. The molecular weight excluding hydrogens is 448 g/mol. The standard InChI is InChI=1S/C22H23BrN4O3/c1-15(24-22(29)16-6-8-17(23)9-7-16)21-25-18-4-2-3-5-19(18)27(21)14-20(28)26-10-12-30-13-11-26/h2-9,15H,10-14H2,1H3,(H,24,29). The lowest BCUT2D eigenvalue weighted by Crippen LogP contribution is -2.42. The first-order valence-corrected chi connectivity index (χ1v) is 10.7. The Morgan fingerprint density at radius 1 is 1.13 bits per heavy atom. The molecular formula is C22H23BrN4O3. The zero-order chi connectivity index (χ0) is 21.1. The van der Waals surface area contributed by atoms with Crippen LogP contribution < -0.4 is 5.32 Å². The molecule has 2 amide bonds. The minimum absolute atomic E-state index is 0.0224. The van der Waals surface area contributed by atoms with Gasteiger partial charge >= 0.3 is 0 Å². The zero-order valence-corrected chi connectivity index (χ0v) is 18.3. The van der Waals surface area contributed by atoms with Gasteiger partial charge in [0.25, 0.3) is 5.91 Å². The van der Waals surface area contributed by atoms with E-state index >= 15 is 0 Å². The van der Waals surface area contributed by atoms with Gasteiger partial charge in [0, 0.05) is 23.1 Å². The topological polar surface area (TPSA) is 76.5 Å². The van der Waals surface area contributed by atoms with Gasteiger partial charge in [-0.1, -0.05) is 28.1 Å². The van der Waals surface area contributed by atoms with E-state index < -0.39 is 0 Å². The van der Waals surface area contributed by atoms with Gasteiger partial charge in [-0.15, -0.1) is 0 Å². The summed E-state index contributed by atoms with van der Waals surface area (Å²) >= 11 is 3.38. The number of nitrogens with one attached hydrogen (secondary N) is 1. The Hall–Kier alpha value is -2.71. The van der Waals surface area contributed by atoms with Crippen molar-refractivity contribution < 1.29 is 14.3 Å². The number of morpholine rings is 1. The number of nitrogens with zero attached hydrogens (tertiary/aromatic N) is 3. The summed E-state index contributed by atoms with van der Waals surface area (Å²) in [5.41, 5.74) is 2.24. The Labute approximate surface area is 183 Å². The number of hydrogen-bond acceptors (Lipinski definition) is 4. The Balaban J connectivity index is 1.59. The number of rotatable bonds is 5. The van der Waals surface area contributed by atoms with Crippen molar-refractivity contribution in [2.45, 2.75) is 19.5 Å². The number of ether oxygens (including phenoxy) is 1. The fourth-order valence-corrected chi connectivity index (χ4v) is 3.85. The second kappa shape index (κ2) is 8.97. The molecule has 3 aromatic rings. The van der Waals surface area contributed by atoms with Crippen LogP contribution in [0.25, 0.3) is 11.0 Å². The predicted molar refractivity (Wildman–Crippen MR) is 117 cm³/mol. The van der Waals surface area contributed by atoms with Crippen LogP contribution in [0.3, 0.4) is 0 Å². The van der Waals surface area contributed by atoms with Crippen LogP contribution in [-0.2, 0) is 16.1 Å². The molecule has 30 heavy (non-hydrogen) atoms. The first-order chi connectivity index (χ1) is 14.5. The van der Waals surface area contributed by atoms with Gasteiger partial charge in [0.05, 0.1) is 30.3 Å². The first kappa shape index (κ1) is 20.6. The first-order valence-electron chi connectivity index (χ1n) is 9.90. The molecule has 1 saturated heterocycles. The maximum absolute atomic E-state index is 12.9. The van der Waals surface area contributed by atoms with Crippen LogP contribution in [0.4, 0.5) is 0 Å². The molecule has 0 radical (unpaired) electrons. The van der Waals surface area contributed by atoms with Gasteiger partial charge in [0.15, 0.2) is 0 Å². The molecule has 0 bridgehead atoms. The maximum Gasteiger partial charge on any atom is 0.251 e. The van der Waals surface area contributed by atoms with E-state index in [2.05, 4.69) is 21.2 Å². The van der Waals surface area contributed by atoms with Gasteiger partial charge in [0.1, 0.15) is 12.4 Å². The van der Waals surface area contributed by atoms with Crippen LogP contribution in [0.5, 0.6) is 0 Å². The number of halogens is 1. The number of imidazole rings is 1. The molecule has 1 unspecified atom stereocenters. The highest BCUT2D eigenvalue weighted by Gasteiger charge is 2.23. The summed E-state index contributed by atoms with van der Waals surface area (Å²) in [6.07, 6.45) is 0. The third-order valence-electron chi connectivity index (χ3n) is 5.18. The normalized spacial score (nSPS) is 15.2. The number of amides is 2. The summed E-state index contributed by atoms with van der Waals surface area (Å²) in [6.45, 7) is 4.36. The molecule has 7 nitrogen and oxygen atoms in total. The molecule has 2 aromatic carbocycles. The van der Waals surface area contributed by atoms with Gasteiger partial charge in [-0.05, 0) is 43.3 Å². The summed E-state index contributed by atoms with van der Waals surface area (Å²) < 4.78 is 8.16.